The van der Waals surface area contributed by atoms with Gasteiger partial charge in [0.25, 0.3) is 0 Å². The fourth-order valence-electron chi connectivity index (χ4n) is 3.64. The quantitative estimate of drug-likeness (QED) is 0.696. The van der Waals surface area contributed by atoms with Gasteiger partial charge < -0.3 is 4.74 Å². The van der Waals surface area contributed by atoms with E-state index in [9.17, 15) is 8.42 Å². The summed E-state index contributed by atoms with van der Waals surface area (Å²) >= 11 is 0. The maximum absolute atomic E-state index is 13.0. The summed E-state index contributed by atoms with van der Waals surface area (Å²) in [5.74, 6) is 1.10. The molecule has 1 heterocycles. The highest BCUT2D eigenvalue weighted by Crippen LogP contribution is 2.32. The number of sulfonamides is 1. The van der Waals surface area contributed by atoms with E-state index in [0.29, 0.717) is 13.0 Å². The first kappa shape index (κ1) is 18.5. The lowest BCUT2D eigenvalue weighted by atomic mass is 10.1. The van der Waals surface area contributed by atoms with Crippen molar-refractivity contribution in [2.75, 3.05) is 12.4 Å². The Bertz CT molecular complexity index is 902. The number of rotatable bonds is 8. The van der Waals surface area contributed by atoms with Gasteiger partial charge in [0.05, 0.1) is 12.4 Å². The van der Waals surface area contributed by atoms with Crippen molar-refractivity contribution in [2.24, 2.45) is 0 Å². The minimum Gasteiger partial charge on any atom is -0.493 e. The zero-order chi connectivity index (χ0) is 18.9. The highest BCUT2D eigenvalue weighted by molar-refractivity contribution is 7.89. The number of ether oxygens (including phenoxy) is 1. The molecule has 1 aliphatic heterocycles. The second kappa shape index (κ2) is 7.64. The third kappa shape index (κ3) is 4.36. The summed E-state index contributed by atoms with van der Waals surface area (Å²) in [6.07, 6.45) is 4.41. The largest absolute Gasteiger partial charge is 0.493 e. The summed E-state index contributed by atoms with van der Waals surface area (Å²) in [6.45, 7) is 3.33. The van der Waals surface area contributed by atoms with E-state index in [1.165, 1.54) is 11.1 Å². The molecule has 0 bridgehead atoms. The molecule has 144 valence electrons. The Morgan fingerprint density at radius 3 is 2.44 bits per heavy atom. The van der Waals surface area contributed by atoms with E-state index in [2.05, 4.69) is 37.3 Å². The molecule has 2 aromatic rings. The molecule has 0 spiro atoms. The van der Waals surface area contributed by atoms with Crippen LogP contribution in [0.2, 0.25) is 0 Å². The predicted octanol–water partition coefficient (Wildman–Crippen LogP) is 3.72. The van der Waals surface area contributed by atoms with Crippen molar-refractivity contribution < 1.29 is 13.2 Å². The van der Waals surface area contributed by atoms with E-state index in [1.54, 1.807) is 4.31 Å². The molecule has 2 aromatic carbocycles. The van der Waals surface area contributed by atoms with Gasteiger partial charge >= 0.3 is 0 Å². The standard InChI is InChI=1S/C22H27NO3S/c1-2-17-3-5-19(6-4-17)16-23(21-8-9-21)27(24,25)14-12-18-7-10-22-20(15-18)11-13-26-22/h3-7,10,15,21H,2,8-9,11-14,16H2,1H3. The fourth-order valence-corrected chi connectivity index (χ4v) is 5.38. The lowest BCUT2D eigenvalue weighted by molar-refractivity contribution is 0.357. The first-order valence-corrected chi connectivity index (χ1v) is 11.5. The molecule has 4 nitrogen and oxygen atoms in total. The van der Waals surface area contributed by atoms with Crippen LogP contribution in [0, 0.1) is 0 Å². The average molecular weight is 386 g/mol. The van der Waals surface area contributed by atoms with Crippen LogP contribution in [-0.4, -0.2) is 31.1 Å². The molecule has 0 atom stereocenters. The van der Waals surface area contributed by atoms with Gasteiger partial charge in [-0.15, -0.1) is 0 Å². The van der Waals surface area contributed by atoms with E-state index in [-0.39, 0.29) is 11.8 Å². The normalized spacial score (nSPS) is 16.4. The van der Waals surface area contributed by atoms with Gasteiger partial charge in [0, 0.05) is 19.0 Å². The Kier molecular flexibility index (Phi) is 5.24. The number of fused-ring (bicyclic) bond motifs is 1. The minimum absolute atomic E-state index is 0.163. The topological polar surface area (TPSA) is 46.6 Å². The van der Waals surface area contributed by atoms with Crippen LogP contribution in [0.15, 0.2) is 42.5 Å². The Morgan fingerprint density at radius 1 is 1.04 bits per heavy atom. The molecule has 1 fully saturated rings. The SMILES string of the molecule is CCc1ccc(CN(C2CC2)S(=O)(=O)CCc2ccc3c(c2)CCO3)cc1. The molecule has 1 saturated carbocycles. The van der Waals surface area contributed by atoms with Crippen LogP contribution >= 0.6 is 0 Å². The van der Waals surface area contributed by atoms with E-state index < -0.39 is 10.0 Å². The molecule has 2 aliphatic rings. The second-order valence-electron chi connectivity index (χ2n) is 7.55. The molecule has 0 aromatic heterocycles. The number of nitrogens with zero attached hydrogens (tertiary/aromatic N) is 1. The van der Waals surface area contributed by atoms with Crippen molar-refractivity contribution in [2.45, 2.75) is 51.6 Å². The van der Waals surface area contributed by atoms with Crippen molar-refractivity contribution in [3.8, 4) is 5.75 Å². The molecule has 5 heteroatoms. The van der Waals surface area contributed by atoms with Crippen LogP contribution in [0.4, 0.5) is 0 Å². The number of hydrogen-bond acceptors (Lipinski definition) is 3. The maximum atomic E-state index is 13.0. The summed E-state index contributed by atoms with van der Waals surface area (Å²) in [6, 6.07) is 14.5. The monoisotopic (exact) mass is 385 g/mol. The summed E-state index contributed by atoms with van der Waals surface area (Å²) in [5.41, 5.74) is 4.61. The average Bonchev–Trinajstić information content (AvgIpc) is 3.41. The van der Waals surface area contributed by atoms with Gasteiger partial charge in [-0.05, 0) is 54.0 Å². The van der Waals surface area contributed by atoms with Crippen molar-refractivity contribution in [3.05, 3.63) is 64.7 Å². The van der Waals surface area contributed by atoms with Gasteiger partial charge in [-0.3, -0.25) is 0 Å². The van der Waals surface area contributed by atoms with Crippen LogP contribution < -0.4 is 4.74 Å². The molecule has 4 rings (SSSR count). The lowest BCUT2D eigenvalue weighted by Gasteiger charge is -2.22. The predicted molar refractivity (Wildman–Crippen MR) is 108 cm³/mol. The molecule has 0 radical (unpaired) electrons. The zero-order valence-electron chi connectivity index (χ0n) is 15.9. The van der Waals surface area contributed by atoms with E-state index >= 15 is 0 Å². The van der Waals surface area contributed by atoms with Crippen LogP contribution in [0.1, 0.15) is 42.0 Å². The molecule has 27 heavy (non-hydrogen) atoms. The maximum Gasteiger partial charge on any atom is 0.214 e. The molecule has 0 unspecified atom stereocenters. The molecule has 1 aliphatic carbocycles. The first-order chi connectivity index (χ1) is 13.0. The van der Waals surface area contributed by atoms with Gasteiger partial charge in [-0.2, -0.15) is 4.31 Å². The van der Waals surface area contributed by atoms with Crippen LogP contribution in [0.5, 0.6) is 5.75 Å². The molecular weight excluding hydrogens is 358 g/mol. The first-order valence-electron chi connectivity index (χ1n) is 9.87. The second-order valence-corrected chi connectivity index (χ2v) is 9.59. The van der Waals surface area contributed by atoms with E-state index in [0.717, 1.165) is 49.2 Å². The third-order valence-corrected chi connectivity index (χ3v) is 7.35. The smallest absolute Gasteiger partial charge is 0.214 e. The van der Waals surface area contributed by atoms with Gasteiger partial charge in [-0.25, -0.2) is 8.42 Å². The van der Waals surface area contributed by atoms with Gasteiger partial charge in [0.15, 0.2) is 0 Å². The number of aryl methyl sites for hydroxylation is 2. The third-order valence-electron chi connectivity index (χ3n) is 5.48. The highest BCUT2D eigenvalue weighted by Gasteiger charge is 2.36. The molecule has 0 amide bonds. The highest BCUT2D eigenvalue weighted by atomic mass is 32.2. The van der Waals surface area contributed by atoms with Gasteiger partial charge in [0.1, 0.15) is 5.75 Å². The number of benzene rings is 2. The van der Waals surface area contributed by atoms with Gasteiger partial charge in [0.2, 0.25) is 10.0 Å². The lowest BCUT2D eigenvalue weighted by Crippen LogP contribution is -2.35. The Morgan fingerprint density at radius 2 is 1.74 bits per heavy atom. The Balaban J connectivity index is 1.44. The van der Waals surface area contributed by atoms with Crippen LogP contribution in [0.25, 0.3) is 0 Å². The molecular formula is C22H27NO3S. The summed E-state index contributed by atoms with van der Waals surface area (Å²) in [7, 11) is -3.28. The Hall–Kier alpha value is -1.85. The number of hydrogen-bond donors (Lipinski definition) is 0. The van der Waals surface area contributed by atoms with Crippen molar-refractivity contribution >= 4 is 10.0 Å². The van der Waals surface area contributed by atoms with Crippen LogP contribution in [-0.2, 0) is 35.8 Å². The summed E-state index contributed by atoms with van der Waals surface area (Å²) < 4.78 is 33.4. The Labute approximate surface area is 162 Å². The molecule has 0 saturated heterocycles. The van der Waals surface area contributed by atoms with Gasteiger partial charge in [-0.1, -0.05) is 43.3 Å². The van der Waals surface area contributed by atoms with Crippen LogP contribution in [0.3, 0.4) is 0 Å². The van der Waals surface area contributed by atoms with Crippen molar-refractivity contribution in [1.82, 2.24) is 4.31 Å². The fraction of sp³-hybridized carbons (Fsp3) is 0.455. The van der Waals surface area contributed by atoms with E-state index in [4.69, 9.17) is 4.74 Å². The minimum atomic E-state index is -3.28. The van der Waals surface area contributed by atoms with Crippen molar-refractivity contribution in [3.63, 3.8) is 0 Å². The summed E-state index contributed by atoms with van der Waals surface area (Å²) in [5, 5.41) is 0. The molecule has 0 N–H and O–H groups in total. The van der Waals surface area contributed by atoms with E-state index in [1.807, 2.05) is 12.1 Å². The van der Waals surface area contributed by atoms with Crippen molar-refractivity contribution in [1.29, 1.82) is 0 Å². The zero-order valence-corrected chi connectivity index (χ0v) is 16.7. The summed E-state index contributed by atoms with van der Waals surface area (Å²) in [4.78, 5) is 0.